The fourth-order valence-corrected chi connectivity index (χ4v) is 3.56. The molecule has 0 aromatic carbocycles. The number of nitrogens with one attached hydrogen (secondary N) is 1. The van der Waals surface area contributed by atoms with Crippen molar-refractivity contribution in [3.63, 3.8) is 0 Å². The molecule has 1 aliphatic carbocycles. The lowest BCUT2D eigenvalue weighted by atomic mass is 10.1. The Morgan fingerprint density at radius 3 is 2.65 bits per heavy atom. The van der Waals surface area contributed by atoms with Gasteiger partial charge in [-0.15, -0.1) is 11.3 Å². The molecule has 1 unspecified atom stereocenters. The Kier molecular flexibility index (Phi) is 5.85. The largest absolute Gasteiger partial charge is 0.348 e. The first-order chi connectivity index (χ1) is 9.69. The Morgan fingerprint density at radius 1 is 1.35 bits per heavy atom. The van der Waals surface area contributed by atoms with Crippen molar-refractivity contribution in [3.8, 4) is 0 Å². The number of nitrogens with zero attached hydrogens (tertiary/aromatic N) is 2. The van der Waals surface area contributed by atoms with Crippen molar-refractivity contribution in [1.82, 2.24) is 10.3 Å². The van der Waals surface area contributed by atoms with E-state index in [1.807, 2.05) is 11.3 Å². The molecule has 0 bridgehead atoms. The molecule has 1 N–H and O–H groups in total. The minimum atomic E-state index is 0.737. The highest BCUT2D eigenvalue weighted by molar-refractivity contribution is 7.15. The van der Waals surface area contributed by atoms with E-state index >= 15 is 0 Å². The number of hydrogen-bond donors (Lipinski definition) is 1. The Balaban J connectivity index is 2.13. The Labute approximate surface area is 127 Å². The molecule has 0 spiro atoms. The third-order valence-electron chi connectivity index (χ3n) is 4.10. The smallest absolute Gasteiger partial charge is 0.185 e. The van der Waals surface area contributed by atoms with Crippen molar-refractivity contribution in [3.05, 3.63) is 10.6 Å². The van der Waals surface area contributed by atoms with Gasteiger partial charge in [0.1, 0.15) is 0 Å². The standard InChI is InChI=1S/C16H29N3S/c1-5-12(4)11-19(7-3)16-18-15(13-8-9-13)14(20-16)10-17-6-2/h12-13,17H,5-11H2,1-4H3. The minimum absolute atomic E-state index is 0.737. The van der Waals surface area contributed by atoms with Crippen LogP contribution in [0.5, 0.6) is 0 Å². The number of hydrogen-bond acceptors (Lipinski definition) is 4. The summed E-state index contributed by atoms with van der Waals surface area (Å²) in [5.41, 5.74) is 1.38. The lowest BCUT2D eigenvalue weighted by Crippen LogP contribution is -2.27. The maximum Gasteiger partial charge on any atom is 0.185 e. The third-order valence-corrected chi connectivity index (χ3v) is 5.23. The molecule has 1 heterocycles. The molecule has 1 saturated carbocycles. The van der Waals surface area contributed by atoms with Crippen LogP contribution < -0.4 is 10.2 Å². The SMILES string of the molecule is CCNCc1sc(N(CC)CC(C)CC)nc1C1CC1. The van der Waals surface area contributed by atoms with E-state index in [2.05, 4.69) is 37.9 Å². The van der Waals surface area contributed by atoms with E-state index < -0.39 is 0 Å². The molecule has 2 rings (SSSR count). The Morgan fingerprint density at radius 2 is 2.10 bits per heavy atom. The predicted molar refractivity (Wildman–Crippen MR) is 88.8 cm³/mol. The van der Waals surface area contributed by atoms with Crippen LogP contribution >= 0.6 is 11.3 Å². The lowest BCUT2D eigenvalue weighted by Gasteiger charge is -2.23. The van der Waals surface area contributed by atoms with Gasteiger partial charge in [0.15, 0.2) is 5.13 Å². The van der Waals surface area contributed by atoms with Crippen molar-refractivity contribution in [2.45, 2.75) is 59.4 Å². The molecular formula is C16H29N3S. The van der Waals surface area contributed by atoms with Crippen molar-refractivity contribution in [2.24, 2.45) is 5.92 Å². The van der Waals surface area contributed by atoms with Crippen LogP contribution in [0.25, 0.3) is 0 Å². The van der Waals surface area contributed by atoms with Crippen LogP contribution in [0.1, 0.15) is 63.4 Å². The maximum atomic E-state index is 4.99. The van der Waals surface area contributed by atoms with Gasteiger partial charge in [-0.05, 0) is 32.2 Å². The van der Waals surface area contributed by atoms with E-state index in [0.29, 0.717) is 0 Å². The molecule has 3 nitrogen and oxygen atoms in total. The molecule has 0 radical (unpaired) electrons. The van der Waals surface area contributed by atoms with Crippen LogP contribution in [0.15, 0.2) is 0 Å². The fourth-order valence-electron chi connectivity index (χ4n) is 2.37. The predicted octanol–water partition coefficient (Wildman–Crippen LogP) is 4.00. The van der Waals surface area contributed by atoms with Crippen LogP contribution in [0.3, 0.4) is 0 Å². The Hall–Kier alpha value is -0.610. The molecule has 1 fully saturated rings. The van der Waals surface area contributed by atoms with Crippen LogP contribution in [0.2, 0.25) is 0 Å². The highest BCUT2D eigenvalue weighted by Crippen LogP contribution is 2.44. The monoisotopic (exact) mass is 295 g/mol. The second kappa shape index (κ2) is 7.41. The zero-order valence-electron chi connectivity index (χ0n) is 13.4. The first-order valence-electron chi connectivity index (χ1n) is 8.14. The number of rotatable bonds is 9. The highest BCUT2D eigenvalue weighted by Gasteiger charge is 2.30. The van der Waals surface area contributed by atoms with Gasteiger partial charge in [-0.25, -0.2) is 4.98 Å². The van der Waals surface area contributed by atoms with Crippen LogP contribution in [-0.2, 0) is 6.54 Å². The normalized spacial score (nSPS) is 16.4. The average Bonchev–Trinajstić information content (AvgIpc) is 3.22. The maximum absolute atomic E-state index is 4.99. The molecule has 0 aliphatic heterocycles. The van der Waals surface area contributed by atoms with Gasteiger partial charge in [-0.2, -0.15) is 0 Å². The van der Waals surface area contributed by atoms with Gasteiger partial charge in [-0.1, -0.05) is 27.2 Å². The fraction of sp³-hybridized carbons (Fsp3) is 0.812. The second-order valence-electron chi connectivity index (χ2n) is 5.91. The first kappa shape index (κ1) is 15.8. The summed E-state index contributed by atoms with van der Waals surface area (Å²) in [4.78, 5) is 8.91. The summed E-state index contributed by atoms with van der Waals surface area (Å²) in [7, 11) is 0. The van der Waals surface area contributed by atoms with Gasteiger partial charge in [-0.3, -0.25) is 0 Å². The van der Waals surface area contributed by atoms with Crippen LogP contribution in [0, 0.1) is 5.92 Å². The van der Waals surface area contributed by atoms with Crippen LogP contribution in [0.4, 0.5) is 5.13 Å². The van der Waals surface area contributed by atoms with Gasteiger partial charge in [0, 0.05) is 30.4 Å². The summed E-state index contributed by atoms with van der Waals surface area (Å²) in [6.45, 7) is 13.2. The zero-order valence-corrected chi connectivity index (χ0v) is 14.2. The van der Waals surface area contributed by atoms with Crippen molar-refractivity contribution in [1.29, 1.82) is 0 Å². The van der Waals surface area contributed by atoms with E-state index in [1.165, 1.54) is 35.0 Å². The average molecular weight is 295 g/mol. The molecule has 114 valence electrons. The molecule has 4 heteroatoms. The molecule has 0 saturated heterocycles. The number of thiazole rings is 1. The lowest BCUT2D eigenvalue weighted by molar-refractivity contribution is 0.547. The molecule has 20 heavy (non-hydrogen) atoms. The first-order valence-corrected chi connectivity index (χ1v) is 8.96. The van der Waals surface area contributed by atoms with E-state index in [-0.39, 0.29) is 0 Å². The third kappa shape index (κ3) is 3.95. The van der Waals surface area contributed by atoms with Gasteiger partial charge >= 0.3 is 0 Å². The molecule has 1 aromatic rings. The summed E-state index contributed by atoms with van der Waals surface area (Å²) in [5.74, 6) is 1.48. The molecule has 1 atom stereocenters. The van der Waals surface area contributed by atoms with Gasteiger partial charge in [0.2, 0.25) is 0 Å². The summed E-state index contributed by atoms with van der Waals surface area (Å²) >= 11 is 1.91. The van der Waals surface area contributed by atoms with Gasteiger partial charge in [0.05, 0.1) is 5.69 Å². The summed E-state index contributed by atoms with van der Waals surface area (Å²) < 4.78 is 0. The van der Waals surface area contributed by atoms with Crippen molar-refractivity contribution in [2.75, 3.05) is 24.5 Å². The zero-order chi connectivity index (χ0) is 14.5. The molecule has 1 aromatic heterocycles. The topological polar surface area (TPSA) is 28.2 Å². The van der Waals surface area contributed by atoms with E-state index in [9.17, 15) is 0 Å². The highest BCUT2D eigenvalue weighted by atomic mass is 32.1. The van der Waals surface area contributed by atoms with E-state index in [0.717, 1.165) is 38.0 Å². The molecule has 0 amide bonds. The number of aromatic nitrogens is 1. The number of anilines is 1. The Bertz CT molecular complexity index is 412. The van der Waals surface area contributed by atoms with Gasteiger partial charge in [0.25, 0.3) is 0 Å². The second-order valence-corrected chi connectivity index (χ2v) is 6.97. The molecule has 1 aliphatic rings. The minimum Gasteiger partial charge on any atom is -0.348 e. The molecular weight excluding hydrogens is 266 g/mol. The van der Waals surface area contributed by atoms with Crippen LogP contribution in [-0.4, -0.2) is 24.6 Å². The van der Waals surface area contributed by atoms with Gasteiger partial charge < -0.3 is 10.2 Å². The summed E-state index contributed by atoms with van der Waals surface area (Å²) in [6.07, 6.45) is 3.90. The van der Waals surface area contributed by atoms with Crippen molar-refractivity contribution >= 4 is 16.5 Å². The van der Waals surface area contributed by atoms with Crippen molar-refractivity contribution < 1.29 is 0 Å². The summed E-state index contributed by atoms with van der Waals surface area (Å²) in [5, 5.41) is 4.70. The quantitative estimate of drug-likeness (QED) is 0.746. The summed E-state index contributed by atoms with van der Waals surface area (Å²) in [6, 6.07) is 0. The van der Waals surface area contributed by atoms with E-state index in [1.54, 1.807) is 0 Å². The van der Waals surface area contributed by atoms with E-state index in [4.69, 9.17) is 4.98 Å².